The number of aryl methyl sites for hydroxylation is 1. The number of carbonyl (C=O) groups excluding carboxylic acids is 1. The van der Waals surface area contributed by atoms with Crippen molar-refractivity contribution in [1.29, 1.82) is 0 Å². The number of hydrogen-bond donors (Lipinski definition) is 0. The molecule has 0 unspecified atom stereocenters. The Balaban J connectivity index is 1.77. The topological polar surface area (TPSA) is 35.5 Å². The van der Waals surface area contributed by atoms with Crippen molar-refractivity contribution in [3.05, 3.63) is 89.2 Å². The molecule has 0 amide bonds. The van der Waals surface area contributed by atoms with Crippen molar-refractivity contribution >= 4 is 11.9 Å². The highest BCUT2D eigenvalue weighted by atomic mass is 16.5. The summed E-state index contributed by atoms with van der Waals surface area (Å²) >= 11 is 0. The van der Waals surface area contributed by atoms with Crippen molar-refractivity contribution in [2.45, 2.75) is 6.92 Å². The van der Waals surface area contributed by atoms with Crippen molar-refractivity contribution in [3.8, 4) is 22.6 Å². The summed E-state index contributed by atoms with van der Waals surface area (Å²) in [6, 6.07) is 21.4. The fourth-order valence-electron chi connectivity index (χ4n) is 3.04. The lowest BCUT2D eigenvalue weighted by atomic mass is 9.99. The summed E-state index contributed by atoms with van der Waals surface area (Å²) < 4.78 is 11.3. The van der Waals surface area contributed by atoms with Gasteiger partial charge in [-0.15, -0.1) is 0 Å². The molecule has 0 N–H and O–H groups in total. The van der Waals surface area contributed by atoms with Gasteiger partial charge in [-0.25, -0.2) is 0 Å². The summed E-state index contributed by atoms with van der Waals surface area (Å²) in [5, 5.41) is 0. The van der Waals surface area contributed by atoms with Crippen LogP contribution in [0.25, 0.3) is 17.2 Å². The fraction of sp³-hybridized carbons (Fsp3) is 0.0870. The van der Waals surface area contributed by atoms with Crippen LogP contribution in [0.3, 0.4) is 0 Å². The van der Waals surface area contributed by atoms with Gasteiger partial charge in [-0.3, -0.25) is 4.79 Å². The SMILES string of the molecule is COc1cc2c(cc1-c1ccc(C)cc1)C(=O)/C(=C/c1ccccc1)O2. The van der Waals surface area contributed by atoms with Crippen molar-refractivity contribution < 1.29 is 14.3 Å². The molecule has 0 aliphatic carbocycles. The molecule has 0 saturated heterocycles. The molecule has 0 spiro atoms. The first-order valence-corrected chi connectivity index (χ1v) is 8.44. The third-order valence-corrected chi connectivity index (χ3v) is 4.45. The average molecular weight is 342 g/mol. The van der Waals surface area contributed by atoms with Crippen molar-refractivity contribution in [2.24, 2.45) is 0 Å². The lowest BCUT2D eigenvalue weighted by Gasteiger charge is -2.10. The van der Waals surface area contributed by atoms with Crippen LogP contribution < -0.4 is 9.47 Å². The normalized spacial score (nSPS) is 14.2. The van der Waals surface area contributed by atoms with Crippen LogP contribution in [0, 0.1) is 6.92 Å². The lowest BCUT2D eigenvalue weighted by Crippen LogP contribution is -1.98. The highest BCUT2D eigenvalue weighted by Gasteiger charge is 2.29. The molecular formula is C23H18O3. The van der Waals surface area contributed by atoms with Gasteiger partial charge < -0.3 is 9.47 Å². The van der Waals surface area contributed by atoms with Gasteiger partial charge in [-0.2, -0.15) is 0 Å². The number of allylic oxidation sites excluding steroid dienone is 1. The van der Waals surface area contributed by atoms with E-state index in [1.165, 1.54) is 5.56 Å². The highest BCUT2D eigenvalue weighted by molar-refractivity contribution is 6.15. The van der Waals surface area contributed by atoms with Crippen LogP contribution in [0.2, 0.25) is 0 Å². The van der Waals surface area contributed by atoms with E-state index in [2.05, 4.69) is 0 Å². The number of ether oxygens (including phenoxy) is 2. The van der Waals surface area contributed by atoms with E-state index in [0.29, 0.717) is 22.8 Å². The van der Waals surface area contributed by atoms with Crippen molar-refractivity contribution in [2.75, 3.05) is 7.11 Å². The Kier molecular flexibility index (Phi) is 4.05. The smallest absolute Gasteiger partial charge is 0.231 e. The predicted octanol–water partition coefficient (Wildman–Crippen LogP) is 5.29. The molecule has 3 heteroatoms. The maximum atomic E-state index is 12.8. The Hall–Kier alpha value is -3.33. The summed E-state index contributed by atoms with van der Waals surface area (Å²) in [4.78, 5) is 12.8. The molecule has 128 valence electrons. The maximum Gasteiger partial charge on any atom is 0.231 e. The molecule has 0 aromatic heterocycles. The van der Waals surface area contributed by atoms with Crippen LogP contribution in [0.15, 0.2) is 72.5 Å². The monoisotopic (exact) mass is 342 g/mol. The third-order valence-electron chi connectivity index (χ3n) is 4.45. The fourth-order valence-corrected chi connectivity index (χ4v) is 3.04. The zero-order chi connectivity index (χ0) is 18.1. The van der Waals surface area contributed by atoms with E-state index in [-0.39, 0.29) is 5.78 Å². The molecule has 1 heterocycles. The minimum absolute atomic E-state index is 0.111. The number of hydrogen-bond acceptors (Lipinski definition) is 3. The Bertz CT molecular complexity index is 1000. The lowest BCUT2D eigenvalue weighted by molar-refractivity contribution is 0.101. The first kappa shape index (κ1) is 16.2. The van der Waals surface area contributed by atoms with Gasteiger partial charge in [0, 0.05) is 11.6 Å². The van der Waals surface area contributed by atoms with E-state index in [9.17, 15) is 4.79 Å². The third kappa shape index (κ3) is 2.88. The zero-order valence-corrected chi connectivity index (χ0v) is 14.7. The maximum absolute atomic E-state index is 12.8. The van der Waals surface area contributed by atoms with E-state index in [4.69, 9.17) is 9.47 Å². The minimum atomic E-state index is -0.111. The van der Waals surface area contributed by atoms with Crippen LogP contribution >= 0.6 is 0 Å². The summed E-state index contributed by atoms with van der Waals surface area (Å²) in [5.41, 5.74) is 4.55. The van der Waals surface area contributed by atoms with E-state index in [0.717, 1.165) is 16.7 Å². The molecule has 4 rings (SSSR count). The summed E-state index contributed by atoms with van der Waals surface area (Å²) in [7, 11) is 1.62. The number of methoxy groups -OCH3 is 1. The van der Waals surface area contributed by atoms with Crippen molar-refractivity contribution in [3.63, 3.8) is 0 Å². The van der Waals surface area contributed by atoms with Gasteiger partial charge in [0.25, 0.3) is 0 Å². The van der Waals surface area contributed by atoms with Crippen molar-refractivity contribution in [1.82, 2.24) is 0 Å². The van der Waals surface area contributed by atoms with E-state index < -0.39 is 0 Å². The molecule has 3 nitrogen and oxygen atoms in total. The standard InChI is InChI=1S/C23H18O3/c1-15-8-10-17(11-9-15)18-13-19-21(14-20(18)25-2)26-22(23(19)24)12-16-6-4-3-5-7-16/h3-14H,1-2H3/b22-12-. The Morgan fingerprint density at radius 2 is 1.65 bits per heavy atom. The second-order valence-corrected chi connectivity index (χ2v) is 6.27. The van der Waals surface area contributed by atoms with Gasteiger partial charge in [0.15, 0.2) is 5.76 Å². The number of Topliss-reactive ketones (excluding diaryl/α,β-unsaturated/α-hetero) is 1. The molecule has 0 bridgehead atoms. The Morgan fingerprint density at radius 1 is 0.923 bits per heavy atom. The molecular weight excluding hydrogens is 324 g/mol. The summed E-state index contributed by atoms with van der Waals surface area (Å²) in [6.45, 7) is 2.04. The molecule has 0 radical (unpaired) electrons. The predicted molar refractivity (Wildman–Crippen MR) is 103 cm³/mol. The number of ketones is 1. The molecule has 1 aliphatic heterocycles. The van der Waals surface area contributed by atoms with Gasteiger partial charge in [0.1, 0.15) is 11.5 Å². The molecule has 3 aromatic carbocycles. The first-order valence-electron chi connectivity index (χ1n) is 8.44. The number of carbonyl (C=O) groups is 1. The van der Waals surface area contributed by atoms with Gasteiger partial charge in [0.05, 0.1) is 12.7 Å². The van der Waals surface area contributed by atoms with Gasteiger partial charge >= 0.3 is 0 Å². The average Bonchev–Trinajstić information content (AvgIpc) is 2.97. The highest BCUT2D eigenvalue weighted by Crippen LogP contribution is 2.41. The van der Waals surface area contributed by atoms with Gasteiger partial charge in [0.2, 0.25) is 5.78 Å². The second kappa shape index (κ2) is 6.52. The number of benzene rings is 3. The Labute approximate surface area is 152 Å². The molecule has 0 atom stereocenters. The van der Waals surface area contributed by atoms with Gasteiger partial charge in [-0.1, -0.05) is 60.2 Å². The van der Waals surface area contributed by atoms with Gasteiger partial charge in [-0.05, 0) is 30.2 Å². The quantitative estimate of drug-likeness (QED) is 0.607. The molecule has 0 fully saturated rings. The van der Waals surface area contributed by atoms with Crippen LogP contribution in [0.5, 0.6) is 11.5 Å². The number of rotatable bonds is 3. The molecule has 3 aromatic rings. The van der Waals surface area contributed by atoms with E-state index in [1.807, 2.05) is 67.6 Å². The zero-order valence-electron chi connectivity index (χ0n) is 14.7. The summed E-state index contributed by atoms with van der Waals surface area (Å²) in [6.07, 6.45) is 1.76. The molecule has 26 heavy (non-hydrogen) atoms. The van der Waals surface area contributed by atoms with E-state index in [1.54, 1.807) is 19.3 Å². The largest absolute Gasteiger partial charge is 0.496 e. The molecule has 0 saturated carbocycles. The second-order valence-electron chi connectivity index (χ2n) is 6.27. The first-order chi connectivity index (χ1) is 12.7. The molecule has 1 aliphatic rings. The minimum Gasteiger partial charge on any atom is -0.496 e. The Morgan fingerprint density at radius 3 is 2.35 bits per heavy atom. The van der Waals surface area contributed by atoms with Crippen LogP contribution in [-0.4, -0.2) is 12.9 Å². The number of fused-ring (bicyclic) bond motifs is 1. The van der Waals surface area contributed by atoms with Crippen LogP contribution in [0.1, 0.15) is 21.5 Å². The van der Waals surface area contributed by atoms with Crippen LogP contribution in [-0.2, 0) is 0 Å². The van der Waals surface area contributed by atoms with E-state index >= 15 is 0 Å². The van der Waals surface area contributed by atoms with Crippen LogP contribution in [0.4, 0.5) is 0 Å². The summed E-state index contributed by atoms with van der Waals surface area (Å²) in [5.74, 6) is 1.43.